The van der Waals surface area contributed by atoms with Gasteiger partial charge in [-0.25, -0.2) is 4.63 Å². The maximum absolute atomic E-state index is 11.9. The minimum atomic E-state index is -0.446. The number of methoxy groups -OCH3 is 1. The zero-order chi connectivity index (χ0) is 23.1. The first-order valence-electron chi connectivity index (χ1n) is 9.39. The van der Waals surface area contributed by atoms with Gasteiger partial charge in [-0.3, -0.25) is 4.79 Å². The minimum absolute atomic E-state index is 0.0323. The molecule has 0 fully saturated rings. The highest BCUT2D eigenvalue weighted by molar-refractivity contribution is 9.10. The predicted molar refractivity (Wildman–Crippen MR) is 124 cm³/mol. The molecule has 32 heavy (non-hydrogen) atoms. The first kappa shape index (κ1) is 24.1. The van der Waals surface area contributed by atoms with Gasteiger partial charge in [0.15, 0.2) is 11.5 Å². The molecule has 0 aliphatic heterocycles. The van der Waals surface area contributed by atoms with Crippen molar-refractivity contribution in [2.75, 3.05) is 25.9 Å². The summed E-state index contributed by atoms with van der Waals surface area (Å²) >= 11 is 15.6. The summed E-state index contributed by atoms with van der Waals surface area (Å²) in [6.45, 7) is 1.74. The van der Waals surface area contributed by atoms with Gasteiger partial charge < -0.3 is 25.8 Å². The fraction of sp³-hybridized carbons (Fsp3) is 0.250. The van der Waals surface area contributed by atoms with Crippen LogP contribution in [0.15, 0.2) is 39.4 Å². The number of nitrogens with one attached hydrogen (secondary N) is 2. The van der Waals surface area contributed by atoms with E-state index in [1.165, 1.54) is 0 Å². The summed E-state index contributed by atoms with van der Waals surface area (Å²) in [5.41, 5.74) is 7.30. The fourth-order valence-corrected chi connectivity index (χ4v) is 3.66. The number of hydrogen-bond donors (Lipinski definition) is 3. The van der Waals surface area contributed by atoms with E-state index in [0.717, 1.165) is 15.6 Å². The number of nitrogens with zero attached hydrogens (tertiary/aromatic N) is 2. The van der Waals surface area contributed by atoms with Crippen LogP contribution in [0.4, 0.5) is 5.82 Å². The van der Waals surface area contributed by atoms with Crippen molar-refractivity contribution in [2.45, 2.75) is 13.2 Å². The molecule has 1 amide bonds. The predicted octanol–water partition coefficient (Wildman–Crippen LogP) is 3.83. The largest absolute Gasteiger partial charge is 0.493 e. The second-order valence-electron chi connectivity index (χ2n) is 6.58. The lowest BCUT2D eigenvalue weighted by atomic mass is 10.2. The molecule has 0 spiro atoms. The van der Waals surface area contributed by atoms with Crippen molar-refractivity contribution in [3.8, 4) is 11.5 Å². The standard InChI is InChI=1S/C20H20BrCl2N5O4/c1-30-16-8-12(9-25-4-5-26-20(29)17-19(24)28-32-27-17)6-13(21)18(16)31-10-11-2-3-14(22)15(23)7-11/h2-3,6-8,25H,4-5,9-10H2,1H3,(H2,24,28)(H,26,29). The Morgan fingerprint density at radius 2 is 1.97 bits per heavy atom. The van der Waals surface area contributed by atoms with E-state index in [1.54, 1.807) is 19.2 Å². The summed E-state index contributed by atoms with van der Waals surface area (Å²) in [5, 5.41) is 13.7. The van der Waals surface area contributed by atoms with Crippen molar-refractivity contribution < 1.29 is 18.9 Å². The van der Waals surface area contributed by atoms with Gasteiger partial charge >= 0.3 is 0 Å². The van der Waals surface area contributed by atoms with Gasteiger partial charge in [-0.05, 0) is 61.6 Å². The molecule has 0 saturated heterocycles. The van der Waals surface area contributed by atoms with Gasteiger partial charge in [0, 0.05) is 19.6 Å². The van der Waals surface area contributed by atoms with Gasteiger partial charge in [-0.15, -0.1) is 0 Å². The Labute approximate surface area is 202 Å². The van der Waals surface area contributed by atoms with E-state index in [9.17, 15) is 4.79 Å². The molecule has 2 aromatic carbocycles. The van der Waals surface area contributed by atoms with E-state index >= 15 is 0 Å². The zero-order valence-corrected chi connectivity index (χ0v) is 20.1. The summed E-state index contributed by atoms with van der Waals surface area (Å²) < 4.78 is 16.6. The summed E-state index contributed by atoms with van der Waals surface area (Å²) in [6, 6.07) is 9.14. The average molecular weight is 545 g/mol. The van der Waals surface area contributed by atoms with Crippen molar-refractivity contribution in [1.29, 1.82) is 0 Å². The molecule has 3 rings (SSSR count). The van der Waals surface area contributed by atoms with Crippen molar-refractivity contribution in [2.24, 2.45) is 0 Å². The van der Waals surface area contributed by atoms with Gasteiger partial charge in [0.2, 0.25) is 11.5 Å². The zero-order valence-electron chi connectivity index (χ0n) is 17.0. The normalized spacial score (nSPS) is 10.8. The van der Waals surface area contributed by atoms with Crippen LogP contribution in [0.2, 0.25) is 10.0 Å². The first-order chi connectivity index (χ1) is 15.4. The van der Waals surface area contributed by atoms with Crippen LogP contribution in [0, 0.1) is 0 Å². The number of carbonyl (C=O) groups excluding carboxylic acids is 1. The quantitative estimate of drug-likeness (QED) is 0.329. The molecule has 0 bridgehead atoms. The van der Waals surface area contributed by atoms with Crippen LogP contribution in [-0.2, 0) is 13.2 Å². The maximum atomic E-state index is 11.9. The van der Waals surface area contributed by atoms with Crippen LogP contribution in [-0.4, -0.2) is 36.4 Å². The molecule has 0 atom stereocenters. The molecule has 0 unspecified atom stereocenters. The number of aromatic nitrogens is 2. The lowest BCUT2D eigenvalue weighted by Crippen LogP contribution is -2.32. The smallest absolute Gasteiger partial charge is 0.277 e. The second-order valence-corrected chi connectivity index (χ2v) is 8.25. The Bertz CT molecular complexity index is 1100. The Balaban J connectivity index is 1.52. The summed E-state index contributed by atoms with van der Waals surface area (Å²) in [4.78, 5) is 11.9. The Kier molecular flexibility index (Phi) is 8.57. The molecule has 3 aromatic rings. The average Bonchev–Trinajstić information content (AvgIpc) is 3.20. The van der Waals surface area contributed by atoms with Crippen molar-refractivity contribution in [3.63, 3.8) is 0 Å². The van der Waals surface area contributed by atoms with Crippen LogP contribution in [0.1, 0.15) is 21.6 Å². The summed E-state index contributed by atoms with van der Waals surface area (Å²) in [7, 11) is 1.57. The number of hydrogen-bond acceptors (Lipinski definition) is 8. The van der Waals surface area contributed by atoms with Gasteiger partial charge in [-0.2, -0.15) is 0 Å². The van der Waals surface area contributed by atoms with E-state index in [-0.39, 0.29) is 11.5 Å². The van der Waals surface area contributed by atoms with Crippen LogP contribution in [0.25, 0.3) is 0 Å². The highest BCUT2D eigenvalue weighted by Gasteiger charge is 2.15. The lowest BCUT2D eigenvalue weighted by Gasteiger charge is -2.15. The molecule has 0 aliphatic carbocycles. The van der Waals surface area contributed by atoms with Gasteiger partial charge in [0.05, 0.1) is 21.6 Å². The second kappa shape index (κ2) is 11.4. The van der Waals surface area contributed by atoms with Gasteiger partial charge in [0.25, 0.3) is 5.91 Å². The van der Waals surface area contributed by atoms with E-state index < -0.39 is 5.91 Å². The number of rotatable bonds is 10. The number of anilines is 1. The number of nitrogen functional groups attached to an aromatic ring is 1. The third kappa shape index (κ3) is 6.26. The lowest BCUT2D eigenvalue weighted by molar-refractivity contribution is 0.0944. The molecule has 9 nitrogen and oxygen atoms in total. The van der Waals surface area contributed by atoms with Crippen LogP contribution < -0.4 is 25.8 Å². The number of ether oxygens (including phenoxy) is 2. The van der Waals surface area contributed by atoms with E-state index in [4.69, 9.17) is 38.4 Å². The monoisotopic (exact) mass is 543 g/mol. The van der Waals surface area contributed by atoms with Crippen molar-refractivity contribution in [1.82, 2.24) is 20.9 Å². The van der Waals surface area contributed by atoms with E-state index in [1.807, 2.05) is 18.2 Å². The molecule has 1 aromatic heterocycles. The topological polar surface area (TPSA) is 125 Å². The molecule has 0 aliphatic rings. The van der Waals surface area contributed by atoms with Crippen molar-refractivity contribution in [3.05, 3.63) is 61.7 Å². The summed E-state index contributed by atoms with van der Waals surface area (Å²) in [5.74, 6) is 0.666. The number of halogens is 3. The van der Waals surface area contributed by atoms with Crippen LogP contribution in [0.5, 0.6) is 11.5 Å². The molecule has 0 radical (unpaired) electrons. The number of amides is 1. The molecular formula is C20H20BrCl2N5O4. The molecule has 0 saturated carbocycles. The Morgan fingerprint density at radius 3 is 2.66 bits per heavy atom. The summed E-state index contributed by atoms with van der Waals surface area (Å²) in [6.07, 6.45) is 0. The third-order valence-electron chi connectivity index (χ3n) is 4.30. The number of carbonyl (C=O) groups is 1. The van der Waals surface area contributed by atoms with E-state index in [2.05, 4.69) is 41.5 Å². The van der Waals surface area contributed by atoms with Gasteiger partial charge in [0.1, 0.15) is 6.61 Å². The highest BCUT2D eigenvalue weighted by atomic mass is 79.9. The minimum Gasteiger partial charge on any atom is -0.493 e. The fourth-order valence-electron chi connectivity index (χ4n) is 2.73. The third-order valence-corrected chi connectivity index (χ3v) is 5.63. The van der Waals surface area contributed by atoms with E-state index in [0.29, 0.717) is 47.8 Å². The number of nitrogens with two attached hydrogens (primary N) is 1. The highest BCUT2D eigenvalue weighted by Crippen LogP contribution is 2.37. The molecule has 4 N–H and O–H groups in total. The molecule has 1 heterocycles. The van der Waals surface area contributed by atoms with Crippen molar-refractivity contribution >= 4 is 50.9 Å². The van der Waals surface area contributed by atoms with Crippen LogP contribution >= 0.6 is 39.1 Å². The Morgan fingerprint density at radius 1 is 1.16 bits per heavy atom. The van der Waals surface area contributed by atoms with Crippen LogP contribution in [0.3, 0.4) is 0 Å². The molecular weight excluding hydrogens is 525 g/mol. The number of benzene rings is 2. The van der Waals surface area contributed by atoms with Gasteiger partial charge in [-0.1, -0.05) is 29.3 Å². The SMILES string of the molecule is COc1cc(CNCCNC(=O)c2nonc2N)cc(Br)c1OCc1ccc(Cl)c(Cl)c1. The Hall–Kier alpha value is -2.53. The first-order valence-corrected chi connectivity index (χ1v) is 10.9. The molecule has 12 heteroatoms. The maximum Gasteiger partial charge on any atom is 0.277 e. The molecule has 170 valence electrons.